The van der Waals surface area contributed by atoms with Gasteiger partial charge >= 0.3 is 5.97 Å². The fourth-order valence-electron chi connectivity index (χ4n) is 2.94. The van der Waals surface area contributed by atoms with E-state index in [1.165, 1.54) is 11.7 Å². The molecule has 0 saturated carbocycles. The molecule has 5 nitrogen and oxygen atoms in total. The minimum atomic E-state index is -0.380. The van der Waals surface area contributed by atoms with Gasteiger partial charge in [0.25, 0.3) is 5.91 Å². The lowest BCUT2D eigenvalue weighted by molar-refractivity contribution is -0.139. The van der Waals surface area contributed by atoms with Crippen molar-refractivity contribution in [1.82, 2.24) is 9.55 Å². The molecule has 2 aromatic heterocycles. The highest BCUT2D eigenvalue weighted by atomic mass is 35.5. The van der Waals surface area contributed by atoms with Crippen molar-refractivity contribution in [2.24, 2.45) is 0 Å². The van der Waals surface area contributed by atoms with Gasteiger partial charge in [-0.3, -0.25) is 19.1 Å². The van der Waals surface area contributed by atoms with Gasteiger partial charge in [0.1, 0.15) is 5.69 Å². The van der Waals surface area contributed by atoms with E-state index in [1.807, 2.05) is 12.1 Å². The van der Waals surface area contributed by atoms with Gasteiger partial charge < -0.3 is 4.74 Å². The maximum absolute atomic E-state index is 13.1. The fourth-order valence-corrected chi connectivity index (χ4v) is 3.12. The molecule has 0 N–H and O–H groups in total. The number of benzene rings is 1. The molecule has 0 unspecified atom stereocenters. The number of carbonyl (C=O) groups excluding carboxylic acids is 2. The number of ether oxygens (including phenoxy) is 1. The van der Waals surface area contributed by atoms with Crippen molar-refractivity contribution >= 4 is 34.4 Å². The molecule has 6 heteroatoms. The first kappa shape index (κ1) is 19.1. The average molecular weight is 385 g/mol. The van der Waals surface area contributed by atoms with Crippen molar-refractivity contribution in [2.75, 3.05) is 7.11 Å². The molecule has 0 atom stereocenters. The minimum absolute atomic E-state index is 0.0586. The zero-order valence-corrected chi connectivity index (χ0v) is 16.5. The van der Waals surface area contributed by atoms with Gasteiger partial charge in [-0.2, -0.15) is 0 Å². The lowest BCUT2D eigenvalue weighted by atomic mass is 9.87. The van der Waals surface area contributed by atoms with Crippen molar-refractivity contribution in [3.63, 3.8) is 0 Å². The Morgan fingerprint density at radius 1 is 1.19 bits per heavy atom. The minimum Gasteiger partial charge on any atom is -0.469 e. The van der Waals surface area contributed by atoms with Crippen molar-refractivity contribution in [3.8, 4) is 0 Å². The number of methoxy groups -OCH3 is 1. The van der Waals surface area contributed by atoms with E-state index in [4.69, 9.17) is 16.3 Å². The quantitative estimate of drug-likeness (QED) is 0.628. The Morgan fingerprint density at radius 2 is 1.93 bits per heavy atom. The molecule has 0 saturated heterocycles. The van der Waals surface area contributed by atoms with Crippen LogP contribution in [-0.2, 0) is 21.4 Å². The van der Waals surface area contributed by atoms with Crippen molar-refractivity contribution in [1.29, 1.82) is 0 Å². The highest BCUT2D eigenvalue weighted by Gasteiger charge is 2.21. The lowest BCUT2D eigenvalue weighted by Crippen LogP contribution is -2.16. The maximum atomic E-state index is 13.1. The van der Waals surface area contributed by atoms with E-state index < -0.39 is 0 Å². The molecular weight excluding hydrogens is 364 g/mol. The number of fused-ring (bicyclic) bond motifs is 1. The Morgan fingerprint density at radius 3 is 2.59 bits per heavy atom. The molecule has 27 heavy (non-hydrogen) atoms. The summed E-state index contributed by atoms with van der Waals surface area (Å²) in [5.74, 6) is -0.640. The number of pyridine rings is 1. The largest absolute Gasteiger partial charge is 0.469 e. The van der Waals surface area contributed by atoms with Crippen LogP contribution in [0.15, 0.2) is 42.7 Å². The SMILES string of the molecule is COC(=O)Cc1cn(C(=O)c2cc(C(C)(C)C)ccn2)c2ccc(Cl)cc12. The Balaban J connectivity index is 2.11. The fraction of sp³-hybridized carbons (Fsp3) is 0.286. The van der Waals surface area contributed by atoms with Gasteiger partial charge in [-0.25, -0.2) is 0 Å². The Bertz CT molecular complexity index is 1030. The number of hydrogen-bond donors (Lipinski definition) is 0. The molecule has 0 fully saturated rings. The second kappa shape index (κ2) is 7.16. The summed E-state index contributed by atoms with van der Waals surface area (Å²) < 4.78 is 6.28. The number of aromatic nitrogens is 2. The second-order valence-electron chi connectivity index (χ2n) is 7.42. The predicted octanol–water partition coefficient (Wildman–Crippen LogP) is 4.39. The molecule has 0 aliphatic rings. The molecule has 140 valence electrons. The molecule has 1 aromatic carbocycles. The van der Waals surface area contributed by atoms with Crippen molar-refractivity contribution in [3.05, 3.63) is 64.6 Å². The molecule has 0 radical (unpaired) electrons. The summed E-state index contributed by atoms with van der Waals surface area (Å²) in [6.45, 7) is 6.24. The zero-order valence-electron chi connectivity index (χ0n) is 15.7. The number of hydrogen-bond acceptors (Lipinski definition) is 4. The lowest BCUT2D eigenvalue weighted by Gasteiger charge is -2.19. The van der Waals surface area contributed by atoms with E-state index in [9.17, 15) is 9.59 Å². The summed E-state index contributed by atoms with van der Waals surface area (Å²) in [5.41, 5.74) is 2.63. The Labute approximate surface area is 162 Å². The Kier molecular flexibility index (Phi) is 5.07. The van der Waals surface area contributed by atoms with Crippen LogP contribution in [-0.4, -0.2) is 28.5 Å². The van der Waals surface area contributed by atoms with E-state index in [0.717, 1.165) is 10.9 Å². The summed E-state index contributed by atoms with van der Waals surface area (Å²) >= 11 is 6.12. The van der Waals surface area contributed by atoms with E-state index in [-0.39, 0.29) is 23.7 Å². The normalized spacial score (nSPS) is 11.6. The average Bonchev–Trinajstić information content (AvgIpc) is 2.98. The predicted molar refractivity (Wildman–Crippen MR) is 105 cm³/mol. The standard InChI is InChI=1S/C21H21ClN2O3/c1-21(2,3)14-7-8-23-17(10-14)20(26)24-12-13(9-19(25)27-4)16-11-15(22)5-6-18(16)24/h5-8,10-12H,9H2,1-4H3. The van der Waals surface area contributed by atoms with Gasteiger partial charge in [-0.05, 0) is 46.9 Å². The van der Waals surface area contributed by atoms with Gasteiger partial charge in [0.05, 0.1) is 19.0 Å². The number of halogens is 1. The van der Waals surface area contributed by atoms with E-state index in [2.05, 4.69) is 25.8 Å². The topological polar surface area (TPSA) is 61.2 Å². The van der Waals surface area contributed by atoms with E-state index in [1.54, 1.807) is 30.6 Å². The van der Waals surface area contributed by atoms with Gasteiger partial charge in [0.2, 0.25) is 0 Å². The molecule has 3 aromatic rings. The molecular formula is C21H21ClN2O3. The van der Waals surface area contributed by atoms with Crippen molar-refractivity contribution in [2.45, 2.75) is 32.6 Å². The van der Waals surface area contributed by atoms with Crippen LogP contribution in [0.5, 0.6) is 0 Å². The van der Waals surface area contributed by atoms with Crippen LogP contribution in [0.1, 0.15) is 42.4 Å². The van der Waals surface area contributed by atoms with Crippen LogP contribution in [0.2, 0.25) is 5.02 Å². The van der Waals surface area contributed by atoms with E-state index >= 15 is 0 Å². The summed E-state index contributed by atoms with van der Waals surface area (Å²) in [5, 5.41) is 1.28. The molecule has 0 amide bonds. The third-order valence-corrected chi connectivity index (χ3v) is 4.71. The molecule has 0 aliphatic carbocycles. The number of nitrogens with zero attached hydrogens (tertiary/aromatic N) is 2. The number of rotatable bonds is 3. The second-order valence-corrected chi connectivity index (χ2v) is 7.86. The first-order chi connectivity index (χ1) is 12.7. The van der Waals surface area contributed by atoms with Crippen LogP contribution in [0.3, 0.4) is 0 Å². The summed E-state index contributed by atoms with van der Waals surface area (Å²) in [6.07, 6.45) is 3.36. The van der Waals surface area contributed by atoms with Gasteiger partial charge in [0, 0.05) is 22.8 Å². The van der Waals surface area contributed by atoms with Crippen LogP contribution < -0.4 is 0 Å². The van der Waals surface area contributed by atoms with Crippen LogP contribution in [0.25, 0.3) is 10.9 Å². The van der Waals surface area contributed by atoms with Crippen LogP contribution >= 0.6 is 11.6 Å². The summed E-state index contributed by atoms with van der Waals surface area (Å²) in [6, 6.07) is 8.95. The smallest absolute Gasteiger partial charge is 0.310 e. The van der Waals surface area contributed by atoms with Gasteiger partial charge in [-0.1, -0.05) is 32.4 Å². The third kappa shape index (κ3) is 3.88. The molecule has 3 rings (SSSR count). The van der Waals surface area contributed by atoms with Gasteiger partial charge in [-0.15, -0.1) is 0 Å². The molecule has 0 bridgehead atoms. The van der Waals surface area contributed by atoms with Gasteiger partial charge in [0.15, 0.2) is 0 Å². The van der Waals surface area contributed by atoms with Crippen LogP contribution in [0, 0.1) is 0 Å². The Hall–Kier alpha value is -2.66. The number of carbonyl (C=O) groups is 2. The molecule has 0 spiro atoms. The highest BCUT2D eigenvalue weighted by molar-refractivity contribution is 6.31. The highest BCUT2D eigenvalue weighted by Crippen LogP contribution is 2.27. The number of esters is 1. The molecule has 0 aliphatic heterocycles. The zero-order chi connectivity index (χ0) is 19.8. The summed E-state index contributed by atoms with van der Waals surface area (Å²) in [4.78, 5) is 29.1. The van der Waals surface area contributed by atoms with Crippen LogP contribution in [0.4, 0.5) is 0 Å². The summed E-state index contributed by atoms with van der Waals surface area (Å²) in [7, 11) is 1.33. The maximum Gasteiger partial charge on any atom is 0.310 e. The van der Waals surface area contributed by atoms with E-state index in [0.29, 0.717) is 21.8 Å². The van der Waals surface area contributed by atoms with Crippen molar-refractivity contribution < 1.29 is 14.3 Å². The molecule has 2 heterocycles. The first-order valence-electron chi connectivity index (χ1n) is 8.58. The first-order valence-corrected chi connectivity index (χ1v) is 8.96. The monoisotopic (exact) mass is 384 g/mol. The third-order valence-electron chi connectivity index (χ3n) is 4.48.